The van der Waals surface area contributed by atoms with Crippen LogP contribution < -0.4 is 14.8 Å². The number of hydrogen-bond donors (Lipinski definition) is 1. The second-order valence-electron chi connectivity index (χ2n) is 3.95. The van der Waals surface area contributed by atoms with Crippen LogP contribution in [0.15, 0.2) is 24.8 Å². The summed E-state index contributed by atoms with van der Waals surface area (Å²) in [5.41, 5.74) is 1.07. The zero-order valence-corrected chi connectivity index (χ0v) is 11.9. The van der Waals surface area contributed by atoms with E-state index in [1.807, 2.05) is 19.1 Å². The fraction of sp³-hybridized carbons (Fsp3) is 0.429. The molecule has 4 heteroatoms. The SMILES string of the molecule is C=CC(C)Oc1c(Cl)cc(CNCC)cc1OC. The van der Waals surface area contributed by atoms with Gasteiger partial charge >= 0.3 is 0 Å². The van der Waals surface area contributed by atoms with Gasteiger partial charge in [0.05, 0.1) is 12.1 Å². The molecule has 0 bridgehead atoms. The van der Waals surface area contributed by atoms with Crippen LogP contribution in [-0.4, -0.2) is 19.8 Å². The number of benzene rings is 1. The molecule has 0 aliphatic rings. The van der Waals surface area contributed by atoms with Gasteiger partial charge in [0, 0.05) is 6.54 Å². The summed E-state index contributed by atoms with van der Waals surface area (Å²) >= 11 is 6.23. The summed E-state index contributed by atoms with van der Waals surface area (Å²) in [5, 5.41) is 3.80. The molecule has 0 saturated carbocycles. The van der Waals surface area contributed by atoms with E-state index < -0.39 is 0 Å². The maximum Gasteiger partial charge on any atom is 0.180 e. The first kappa shape index (κ1) is 14.9. The van der Waals surface area contributed by atoms with Crippen molar-refractivity contribution in [2.45, 2.75) is 26.5 Å². The minimum Gasteiger partial charge on any atom is -0.493 e. The normalized spacial score (nSPS) is 12.0. The molecule has 0 aromatic heterocycles. The predicted octanol–water partition coefficient (Wildman–Crippen LogP) is 3.41. The summed E-state index contributed by atoms with van der Waals surface area (Å²) in [6.45, 7) is 9.30. The number of ether oxygens (including phenoxy) is 2. The minimum absolute atomic E-state index is 0.115. The number of nitrogens with one attached hydrogen (secondary N) is 1. The number of hydrogen-bond acceptors (Lipinski definition) is 3. The Kier molecular flexibility index (Phi) is 6.02. The van der Waals surface area contributed by atoms with Gasteiger partial charge in [0.25, 0.3) is 0 Å². The summed E-state index contributed by atoms with van der Waals surface area (Å²) in [4.78, 5) is 0. The molecule has 0 radical (unpaired) electrons. The van der Waals surface area contributed by atoms with E-state index in [2.05, 4.69) is 18.8 Å². The molecule has 1 N–H and O–H groups in total. The standard InChI is InChI=1S/C14H20ClNO2/c1-5-10(3)18-14-12(15)7-11(9-16-6-2)8-13(14)17-4/h5,7-8,10,16H,1,6,9H2,2-4H3. The van der Waals surface area contributed by atoms with Gasteiger partial charge in [0.15, 0.2) is 11.5 Å². The maximum atomic E-state index is 6.23. The smallest absolute Gasteiger partial charge is 0.180 e. The highest BCUT2D eigenvalue weighted by molar-refractivity contribution is 6.32. The Morgan fingerprint density at radius 2 is 2.22 bits per heavy atom. The molecule has 0 fully saturated rings. The van der Waals surface area contributed by atoms with Crippen molar-refractivity contribution in [3.05, 3.63) is 35.4 Å². The van der Waals surface area contributed by atoms with Crippen molar-refractivity contribution in [3.8, 4) is 11.5 Å². The molecule has 1 aromatic rings. The van der Waals surface area contributed by atoms with Crippen LogP contribution in [0.25, 0.3) is 0 Å². The van der Waals surface area contributed by atoms with Crippen LogP contribution in [0.2, 0.25) is 5.02 Å². The van der Waals surface area contributed by atoms with Crippen molar-refractivity contribution in [1.82, 2.24) is 5.32 Å². The van der Waals surface area contributed by atoms with E-state index in [1.165, 1.54) is 0 Å². The molecule has 1 unspecified atom stereocenters. The highest BCUT2D eigenvalue weighted by Gasteiger charge is 2.13. The summed E-state index contributed by atoms with van der Waals surface area (Å²) < 4.78 is 11.0. The van der Waals surface area contributed by atoms with E-state index >= 15 is 0 Å². The van der Waals surface area contributed by atoms with E-state index in [1.54, 1.807) is 13.2 Å². The quantitative estimate of drug-likeness (QED) is 0.770. The van der Waals surface area contributed by atoms with Gasteiger partial charge in [0.1, 0.15) is 6.10 Å². The first-order chi connectivity index (χ1) is 8.62. The van der Waals surface area contributed by atoms with Gasteiger partial charge in [-0.3, -0.25) is 0 Å². The Bertz CT molecular complexity index is 407. The lowest BCUT2D eigenvalue weighted by Gasteiger charge is -2.16. The average molecular weight is 270 g/mol. The zero-order valence-electron chi connectivity index (χ0n) is 11.1. The van der Waals surface area contributed by atoms with Gasteiger partial charge in [-0.2, -0.15) is 0 Å². The molecular formula is C14H20ClNO2. The molecule has 0 heterocycles. The lowest BCUT2D eigenvalue weighted by molar-refractivity contribution is 0.254. The van der Waals surface area contributed by atoms with Gasteiger partial charge < -0.3 is 14.8 Å². The van der Waals surface area contributed by atoms with Gasteiger partial charge in [-0.25, -0.2) is 0 Å². The molecule has 0 amide bonds. The molecule has 0 saturated heterocycles. The highest BCUT2D eigenvalue weighted by Crippen LogP contribution is 2.37. The molecule has 100 valence electrons. The molecule has 0 spiro atoms. The molecule has 18 heavy (non-hydrogen) atoms. The van der Waals surface area contributed by atoms with Gasteiger partial charge in [-0.15, -0.1) is 0 Å². The second kappa shape index (κ2) is 7.29. The van der Waals surface area contributed by atoms with Gasteiger partial charge in [-0.05, 0) is 31.2 Å². The Labute approximate surface area is 114 Å². The number of methoxy groups -OCH3 is 1. The van der Waals surface area contributed by atoms with Crippen molar-refractivity contribution >= 4 is 11.6 Å². The minimum atomic E-state index is -0.115. The third-order valence-electron chi connectivity index (χ3n) is 2.50. The lowest BCUT2D eigenvalue weighted by Crippen LogP contribution is -2.13. The Morgan fingerprint density at radius 3 is 2.78 bits per heavy atom. The van der Waals surface area contributed by atoms with Crippen LogP contribution >= 0.6 is 11.6 Å². The fourth-order valence-corrected chi connectivity index (χ4v) is 1.77. The van der Waals surface area contributed by atoms with Crippen molar-refractivity contribution in [3.63, 3.8) is 0 Å². The Balaban J connectivity index is 2.99. The average Bonchev–Trinajstić information content (AvgIpc) is 2.38. The van der Waals surface area contributed by atoms with E-state index in [0.29, 0.717) is 16.5 Å². The second-order valence-corrected chi connectivity index (χ2v) is 4.36. The van der Waals surface area contributed by atoms with Gasteiger partial charge in [-0.1, -0.05) is 31.2 Å². The highest BCUT2D eigenvalue weighted by atomic mass is 35.5. The summed E-state index contributed by atoms with van der Waals surface area (Å²) in [6, 6.07) is 3.82. The van der Waals surface area contributed by atoms with Gasteiger partial charge in [0.2, 0.25) is 0 Å². The van der Waals surface area contributed by atoms with Crippen LogP contribution in [0.3, 0.4) is 0 Å². The largest absolute Gasteiger partial charge is 0.493 e. The third-order valence-corrected chi connectivity index (χ3v) is 2.78. The van der Waals surface area contributed by atoms with Crippen molar-refractivity contribution < 1.29 is 9.47 Å². The topological polar surface area (TPSA) is 30.5 Å². The van der Waals surface area contributed by atoms with E-state index in [0.717, 1.165) is 18.7 Å². The molecule has 1 aromatic carbocycles. The third kappa shape index (κ3) is 3.93. The van der Waals surface area contributed by atoms with Crippen LogP contribution in [0, 0.1) is 0 Å². The molecule has 3 nitrogen and oxygen atoms in total. The fourth-order valence-electron chi connectivity index (χ4n) is 1.49. The molecule has 0 aliphatic carbocycles. The molecule has 0 aliphatic heterocycles. The van der Waals surface area contributed by atoms with Crippen LogP contribution in [0.4, 0.5) is 0 Å². The van der Waals surface area contributed by atoms with Crippen molar-refractivity contribution in [2.24, 2.45) is 0 Å². The predicted molar refractivity (Wildman–Crippen MR) is 75.7 cm³/mol. The van der Waals surface area contributed by atoms with E-state index in [9.17, 15) is 0 Å². The first-order valence-electron chi connectivity index (χ1n) is 5.98. The summed E-state index contributed by atoms with van der Waals surface area (Å²) in [7, 11) is 1.61. The van der Waals surface area contributed by atoms with E-state index in [-0.39, 0.29) is 6.10 Å². The van der Waals surface area contributed by atoms with Crippen LogP contribution in [0.5, 0.6) is 11.5 Å². The molecule has 1 rings (SSSR count). The maximum absolute atomic E-state index is 6.23. The number of rotatable bonds is 7. The molecule has 1 atom stereocenters. The number of halogens is 1. The first-order valence-corrected chi connectivity index (χ1v) is 6.36. The van der Waals surface area contributed by atoms with Crippen molar-refractivity contribution in [1.29, 1.82) is 0 Å². The monoisotopic (exact) mass is 269 g/mol. The molecular weight excluding hydrogens is 250 g/mol. The zero-order chi connectivity index (χ0) is 13.5. The Hall–Kier alpha value is -1.19. The lowest BCUT2D eigenvalue weighted by atomic mass is 10.2. The Morgan fingerprint density at radius 1 is 1.50 bits per heavy atom. The van der Waals surface area contributed by atoms with Crippen molar-refractivity contribution in [2.75, 3.05) is 13.7 Å². The van der Waals surface area contributed by atoms with Crippen LogP contribution in [-0.2, 0) is 6.54 Å². The summed E-state index contributed by atoms with van der Waals surface area (Å²) in [6.07, 6.45) is 1.60. The van der Waals surface area contributed by atoms with E-state index in [4.69, 9.17) is 21.1 Å². The van der Waals surface area contributed by atoms with Crippen LogP contribution in [0.1, 0.15) is 19.4 Å². The summed E-state index contributed by atoms with van der Waals surface area (Å²) in [5.74, 6) is 1.20.